The van der Waals surface area contributed by atoms with Crippen LogP contribution in [-0.2, 0) is 4.79 Å². The third-order valence-electron chi connectivity index (χ3n) is 6.28. The molecule has 2 aromatic heterocycles. The molecule has 35 heavy (non-hydrogen) atoms. The van der Waals surface area contributed by atoms with Crippen molar-refractivity contribution in [3.8, 4) is 32.7 Å². The molecule has 1 aliphatic heterocycles. The minimum atomic E-state index is -0.766. The predicted molar refractivity (Wildman–Crippen MR) is 133 cm³/mol. The number of hydrogen-bond donors (Lipinski definition) is 2. The van der Waals surface area contributed by atoms with E-state index in [1.54, 1.807) is 0 Å². The van der Waals surface area contributed by atoms with E-state index in [0.717, 1.165) is 45.2 Å². The number of piperidine rings is 1. The highest BCUT2D eigenvalue weighted by Crippen LogP contribution is 2.35. The van der Waals surface area contributed by atoms with Crippen LogP contribution in [0, 0.1) is 12.8 Å². The van der Waals surface area contributed by atoms with Gasteiger partial charge in [-0.15, -0.1) is 11.3 Å². The van der Waals surface area contributed by atoms with Gasteiger partial charge < -0.3 is 14.7 Å². The standard InChI is InChI=1S/C26H26N4O4S/c1-16-22(35-25(27-16)19-6-3-2-4-7-19)24-28-23(29-34-24)18-11-9-17(10-12-18)21(31)15-30-13-5-8-20(14-30)26(32)33/h2-4,6-7,9-12,20-21,31H,5,8,13-15H2,1H3,(H,32,33)/t20-,21?/m0/s1. The van der Waals surface area contributed by atoms with Crippen molar-refractivity contribution >= 4 is 17.3 Å². The fourth-order valence-corrected chi connectivity index (χ4v) is 5.35. The third kappa shape index (κ3) is 5.17. The lowest BCUT2D eigenvalue weighted by molar-refractivity contribution is -0.143. The molecule has 2 aromatic carbocycles. The van der Waals surface area contributed by atoms with Gasteiger partial charge in [-0.3, -0.25) is 9.69 Å². The number of carboxylic acids is 1. The number of likely N-dealkylation sites (tertiary alicyclic amines) is 1. The average molecular weight is 491 g/mol. The van der Waals surface area contributed by atoms with E-state index >= 15 is 0 Å². The number of nitrogens with zero attached hydrogens (tertiary/aromatic N) is 4. The summed E-state index contributed by atoms with van der Waals surface area (Å²) >= 11 is 1.52. The number of aliphatic carboxylic acids is 1. The number of aliphatic hydroxyl groups is 1. The summed E-state index contributed by atoms with van der Waals surface area (Å²) in [6.07, 6.45) is 0.820. The minimum Gasteiger partial charge on any atom is -0.481 e. The van der Waals surface area contributed by atoms with Gasteiger partial charge in [0.25, 0.3) is 5.89 Å². The molecule has 0 aliphatic carbocycles. The number of β-amino-alcohol motifs (C(OH)–C–C–N with tert-alkyl or cyclic N) is 1. The molecule has 1 fully saturated rings. The van der Waals surface area contributed by atoms with Gasteiger partial charge in [0.05, 0.1) is 17.7 Å². The quantitative estimate of drug-likeness (QED) is 0.384. The molecule has 5 rings (SSSR count). The first-order valence-electron chi connectivity index (χ1n) is 11.6. The number of thiazole rings is 1. The van der Waals surface area contributed by atoms with Crippen LogP contribution >= 0.6 is 11.3 Å². The first-order valence-corrected chi connectivity index (χ1v) is 12.4. The van der Waals surface area contributed by atoms with Crippen molar-refractivity contribution in [1.82, 2.24) is 20.0 Å². The second-order valence-electron chi connectivity index (χ2n) is 8.80. The monoisotopic (exact) mass is 490 g/mol. The Morgan fingerprint density at radius 2 is 1.91 bits per heavy atom. The molecule has 8 nitrogen and oxygen atoms in total. The lowest BCUT2D eigenvalue weighted by Crippen LogP contribution is -2.40. The zero-order chi connectivity index (χ0) is 24.4. The summed E-state index contributed by atoms with van der Waals surface area (Å²) in [7, 11) is 0. The second kappa shape index (κ2) is 10.1. The number of rotatable bonds is 7. The van der Waals surface area contributed by atoms with E-state index in [2.05, 4.69) is 15.1 Å². The Bertz CT molecular complexity index is 1300. The number of hydrogen-bond acceptors (Lipinski definition) is 8. The molecule has 1 aliphatic rings. The topological polar surface area (TPSA) is 113 Å². The molecule has 180 valence electrons. The molecule has 3 heterocycles. The van der Waals surface area contributed by atoms with Crippen LogP contribution < -0.4 is 0 Å². The first-order chi connectivity index (χ1) is 17.0. The van der Waals surface area contributed by atoms with Gasteiger partial charge in [0.2, 0.25) is 5.82 Å². The zero-order valence-corrected chi connectivity index (χ0v) is 20.1. The fourth-order valence-electron chi connectivity index (χ4n) is 4.36. The summed E-state index contributed by atoms with van der Waals surface area (Å²) < 4.78 is 5.55. The first kappa shape index (κ1) is 23.3. The van der Waals surface area contributed by atoms with E-state index in [-0.39, 0.29) is 5.92 Å². The second-order valence-corrected chi connectivity index (χ2v) is 9.80. The number of aromatic nitrogens is 3. The summed E-state index contributed by atoms with van der Waals surface area (Å²) in [5, 5.41) is 25.0. The van der Waals surface area contributed by atoms with Crippen LogP contribution in [0.25, 0.3) is 32.7 Å². The molecule has 0 spiro atoms. The molecule has 0 radical (unpaired) electrons. The van der Waals surface area contributed by atoms with Crippen LogP contribution in [-0.4, -0.2) is 55.8 Å². The molecule has 2 N–H and O–H groups in total. The Balaban J connectivity index is 1.27. The molecule has 2 atom stereocenters. The van der Waals surface area contributed by atoms with Gasteiger partial charge in [0.1, 0.15) is 9.88 Å². The van der Waals surface area contributed by atoms with Gasteiger partial charge >= 0.3 is 5.97 Å². The summed E-state index contributed by atoms with van der Waals surface area (Å²) in [6.45, 7) is 3.61. The van der Waals surface area contributed by atoms with Gasteiger partial charge in [-0.25, -0.2) is 4.98 Å². The summed E-state index contributed by atoms with van der Waals surface area (Å²) in [6, 6.07) is 17.4. The summed E-state index contributed by atoms with van der Waals surface area (Å²) in [5.74, 6) is -0.232. The Morgan fingerprint density at radius 1 is 1.14 bits per heavy atom. The van der Waals surface area contributed by atoms with Crippen LogP contribution in [0.4, 0.5) is 0 Å². The normalized spacial score (nSPS) is 17.4. The van der Waals surface area contributed by atoms with E-state index in [0.29, 0.717) is 31.2 Å². The smallest absolute Gasteiger partial charge is 0.307 e. The molecular formula is C26H26N4O4S. The van der Waals surface area contributed by atoms with Crippen LogP contribution in [0.2, 0.25) is 0 Å². The molecule has 0 saturated carbocycles. The lowest BCUT2D eigenvalue weighted by atomic mass is 9.97. The highest BCUT2D eigenvalue weighted by atomic mass is 32.1. The number of aryl methyl sites for hydroxylation is 1. The number of benzene rings is 2. The average Bonchev–Trinajstić information content (AvgIpc) is 3.52. The molecule has 1 unspecified atom stereocenters. The van der Waals surface area contributed by atoms with E-state index in [1.807, 2.05) is 66.4 Å². The van der Waals surface area contributed by atoms with Gasteiger partial charge in [-0.2, -0.15) is 4.98 Å². The highest BCUT2D eigenvalue weighted by Gasteiger charge is 2.27. The maximum Gasteiger partial charge on any atom is 0.307 e. The van der Waals surface area contributed by atoms with Gasteiger partial charge in [-0.05, 0) is 31.9 Å². The Hall–Kier alpha value is -3.40. The van der Waals surface area contributed by atoms with Gasteiger partial charge in [0.15, 0.2) is 0 Å². The highest BCUT2D eigenvalue weighted by molar-refractivity contribution is 7.18. The molecule has 9 heteroatoms. The number of carboxylic acid groups (broad SMARTS) is 1. The Labute approximate surface area is 206 Å². The lowest BCUT2D eigenvalue weighted by Gasteiger charge is -2.32. The van der Waals surface area contributed by atoms with Crippen molar-refractivity contribution in [2.24, 2.45) is 5.92 Å². The van der Waals surface area contributed by atoms with E-state index < -0.39 is 12.1 Å². The number of carbonyl (C=O) groups is 1. The van der Waals surface area contributed by atoms with Crippen molar-refractivity contribution in [3.63, 3.8) is 0 Å². The van der Waals surface area contributed by atoms with Crippen molar-refractivity contribution in [2.45, 2.75) is 25.9 Å². The van der Waals surface area contributed by atoms with Crippen LogP contribution in [0.15, 0.2) is 59.1 Å². The van der Waals surface area contributed by atoms with E-state index in [1.165, 1.54) is 11.3 Å². The van der Waals surface area contributed by atoms with E-state index in [4.69, 9.17) is 4.52 Å². The van der Waals surface area contributed by atoms with Crippen LogP contribution in [0.3, 0.4) is 0 Å². The number of aliphatic hydroxyl groups excluding tert-OH is 1. The van der Waals surface area contributed by atoms with Gasteiger partial charge in [-0.1, -0.05) is 59.8 Å². The van der Waals surface area contributed by atoms with Crippen LogP contribution in [0.1, 0.15) is 30.2 Å². The zero-order valence-electron chi connectivity index (χ0n) is 19.3. The van der Waals surface area contributed by atoms with Crippen molar-refractivity contribution in [2.75, 3.05) is 19.6 Å². The molecule has 0 amide bonds. The molecule has 4 aromatic rings. The Kier molecular flexibility index (Phi) is 6.72. The molecular weight excluding hydrogens is 464 g/mol. The minimum absolute atomic E-state index is 0.364. The molecule has 1 saturated heterocycles. The van der Waals surface area contributed by atoms with Crippen LogP contribution in [0.5, 0.6) is 0 Å². The van der Waals surface area contributed by atoms with Crippen molar-refractivity contribution in [3.05, 3.63) is 65.9 Å². The van der Waals surface area contributed by atoms with Crippen molar-refractivity contribution < 1.29 is 19.5 Å². The largest absolute Gasteiger partial charge is 0.481 e. The maximum absolute atomic E-state index is 11.3. The maximum atomic E-state index is 11.3. The SMILES string of the molecule is Cc1nc(-c2ccccc2)sc1-c1nc(-c2ccc(C(O)CN3CCC[C@H](C(=O)O)C3)cc2)no1. The summed E-state index contributed by atoms with van der Waals surface area (Å²) in [4.78, 5) is 23.4. The van der Waals surface area contributed by atoms with Crippen molar-refractivity contribution in [1.29, 1.82) is 0 Å². The third-order valence-corrected chi connectivity index (χ3v) is 7.47. The predicted octanol–water partition coefficient (Wildman–Crippen LogP) is 4.67. The summed E-state index contributed by atoms with van der Waals surface area (Å²) in [5.41, 5.74) is 3.43. The van der Waals surface area contributed by atoms with Gasteiger partial charge in [0, 0.05) is 24.2 Å². The molecule has 0 bridgehead atoms. The van der Waals surface area contributed by atoms with E-state index in [9.17, 15) is 15.0 Å². The Morgan fingerprint density at radius 3 is 2.66 bits per heavy atom. The fraction of sp³-hybridized carbons (Fsp3) is 0.308.